The van der Waals surface area contributed by atoms with Gasteiger partial charge in [0.25, 0.3) is 0 Å². The molecule has 1 N–H and O–H groups in total. The molecule has 3 fully saturated rings. The standard InChI is InChI=1S/C13H24N2O/c16-13(12-4-5-12)10-15(11-13)9-3-8-14-6-1-2-7-14/h12,16H,1-11H2. The molecule has 0 aromatic heterocycles. The van der Waals surface area contributed by atoms with Gasteiger partial charge >= 0.3 is 0 Å². The summed E-state index contributed by atoms with van der Waals surface area (Å²) in [6.45, 7) is 6.96. The largest absolute Gasteiger partial charge is 0.387 e. The maximum Gasteiger partial charge on any atom is 0.0928 e. The quantitative estimate of drug-likeness (QED) is 0.752. The molecule has 3 nitrogen and oxygen atoms in total. The van der Waals surface area contributed by atoms with Crippen molar-refractivity contribution in [2.75, 3.05) is 39.3 Å². The lowest BCUT2D eigenvalue weighted by atomic mass is 9.88. The van der Waals surface area contributed by atoms with Gasteiger partial charge in [-0.25, -0.2) is 0 Å². The highest BCUT2D eigenvalue weighted by Gasteiger charge is 2.51. The van der Waals surface area contributed by atoms with Crippen LogP contribution in [0.4, 0.5) is 0 Å². The van der Waals surface area contributed by atoms with Gasteiger partial charge in [-0.15, -0.1) is 0 Å². The summed E-state index contributed by atoms with van der Waals surface area (Å²) in [6, 6.07) is 0. The Kier molecular flexibility index (Phi) is 2.94. The van der Waals surface area contributed by atoms with Gasteiger partial charge in [-0.05, 0) is 64.2 Å². The number of aliphatic hydroxyl groups is 1. The fraction of sp³-hybridized carbons (Fsp3) is 1.00. The van der Waals surface area contributed by atoms with E-state index in [2.05, 4.69) is 9.80 Å². The molecule has 3 rings (SSSR count). The predicted molar refractivity (Wildman–Crippen MR) is 64.4 cm³/mol. The lowest BCUT2D eigenvalue weighted by Gasteiger charge is -2.47. The number of nitrogens with zero attached hydrogens (tertiary/aromatic N) is 2. The van der Waals surface area contributed by atoms with E-state index < -0.39 is 0 Å². The Hall–Kier alpha value is -0.120. The molecule has 0 bridgehead atoms. The molecule has 0 amide bonds. The normalized spacial score (nSPS) is 30.6. The second-order valence-corrected chi connectivity index (χ2v) is 5.99. The Bertz CT molecular complexity index is 240. The number of β-amino-alcohol motifs (C(OH)–C–C–N with tert-alkyl or cyclic N) is 1. The summed E-state index contributed by atoms with van der Waals surface area (Å²) in [5.74, 6) is 0.641. The minimum atomic E-state index is -0.284. The Morgan fingerprint density at radius 1 is 1.00 bits per heavy atom. The van der Waals surface area contributed by atoms with Gasteiger partial charge in [0.1, 0.15) is 0 Å². The average Bonchev–Trinajstić information content (AvgIpc) is 2.95. The maximum absolute atomic E-state index is 10.2. The highest BCUT2D eigenvalue weighted by Crippen LogP contribution is 2.44. The molecule has 2 saturated heterocycles. The fourth-order valence-electron chi connectivity index (χ4n) is 3.29. The summed E-state index contributed by atoms with van der Waals surface area (Å²) in [4.78, 5) is 5.00. The third-order valence-corrected chi connectivity index (χ3v) is 4.48. The van der Waals surface area contributed by atoms with Crippen LogP contribution in [0.5, 0.6) is 0 Å². The Morgan fingerprint density at radius 3 is 2.25 bits per heavy atom. The van der Waals surface area contributed by atoms with Crippen LogP contribution in [0.3, 0.4) is 0 Å². The van der Waals surface area contributed by atoms with E-state index in [1.807, 2.05) is 0 Å². The number of hydrogen-bond acceptors (Lipinski definition) is 3. The van der Waals surface area contributed by atoms with Gasteiger partial charge in [-0.1, -0.05) is 0 Å². The zero-order chi connectivity index (χ0) is 11.0. The van der Waals surface area contributed by atoms with E-state index in [1.54, 1.807) is 0 Å². The summed E-state index contributed by atoms with van der Waals surface area (Å²) in [5, 5.41) is 10.2. The van der Waals surface area contributed by atoms with Crippen LogP contribution in [0.2, 0.25) is 0 Å². The Balaban J connectivity index is 1.29. The first-order valence-electron chi connectivity index (χ1n) is 6.93. The first-order chi connectivity index (χ1) is 7.76. The molecule has 1 saturated carbocycles. The molecule has 16 heavy (non-hydrogen) atoms. The van der Waals surface area contributed by atoms with Gasteiger partial charge < -0.3 is 10.0 Å². The first kappa shape index (κ1) is 11.0. The molecule has 0 spiro atoms. The molecule has 0 atom stereocenters. The lowest BCUT2D eigenvalue weighted by molar-refractivity contribution is -0.113. The molecule has 2 aliphatic heterocycles. The summed E-state index contributed by atoms with van der Waals surface area (Å²) >= 11 is 0. The molecule has 3 aliphatic rings. The zero-order valence-electron chi connectivity index (χ0n) is 10.2. The van der Waals surface area contributed by atoms with Gasteiger partial charge in [-0.2, -0.15) is 0 Å². The van der Waals surface area contributed by atoms with Crippen molar-refractivity contribution in [1.29, 1.82) is 0 Å². The monoisotopic (exact) mass is 224 g/mol. The summed E-state index contributed by atoms with van der Waals surface area (Å²) < 4.78 is 0. The van der Waals surface area contributed by atoms with Crippen LogP contribution >= 0.6 is 0 Å². The van der Waals surface area contributed by atoms with Crippen molar-refractivity contribution in [2.45, 2.75) is 37.7 Å². The highest BCUT2D eigenvalue weighted by atomic mass is 16.3. The summed E-state index contributed by atoms with van der Waals surface area (Å²) in [7, 11) is 0. The van der Waals surface area contributed by atoms with E-state index in [0.29, 0.717) is 5.92 Å². The van der Waals surface area contributed by atoms with Gasteiger partial charge in [0.05, 0.1) is 5.60 Å². The molecule has 2 heterocycles. The Morgan fingerprint density at radius 2 is 1.62 bits per heavy atom. The second kappa shape index (κ2) is 4.28. The van der Waals surface area contributed by atoms with E-state index in [4.69, 9.17) is 0 Å². The molecule has 0 radical (unpaired) electrons. The van der Waals surface area contributed by atoms with Crippen molar-refractivity contribution in [3.8, 4) is 0 Å². The highest BCUT2D eigenvalue weighted by molar-refractivity contribution is 5.05. The van der Waals surface area contributed by atoms with Crippen LogP contribution in [0.1, 0.15) is 32.1 Å². The molecule has 3 heteroatoms. The smallest absolute Gasteiger partial charge is 0.0928 e. The predicted octanol–water partition coefficient (Wildman–Crippen LogP) is 0.929. The lowest BCUT2D eigenvalue weighted by Crippen LogP contribution is -2.63. The average molecular weight is 224 g/mol. The van der Waals surface area contributed by atoms with E-state index in [-0.39, 0.29) is 5.60 Å². The summed E-state index contributed by atoms with van der Waals surface area (Å²) in [6.07, 6.45) is 6.59. The van der Waals surface area contributed by atoms with Gasteiger partial charge in [0, 0.05) is 13.1 Å². The van der Waals surface area contributed by atoms with Crippen molar-refractivity contribution in [1.82, 2.24) is 9.80 Å². The van der Waals surface area contributed by atoms with Crippen molar-refractivity contribution in [3.05, 3.63) is 0 Å². The number of rotatable bonds is 5. The first-order valence-corrected chi connectivity index (χ1v) is 6.93. The third kappa shape index (κ3) is 2.27. The third-order valence-electron chi connectivity index (χ3n) is 4.48. The van der Waals surface area contributed by atoms with E-state index in [9.17, 15) is 5.11 Å². The van der Waals surface area contributed by atoms with Crippen molar-refractivity contribution in [3.63, 3.8) is 0 Å². The molecular weight excluding hydrogens is 200 g/mol. The SMILES string of the molecule is OC1(C2CC2)CN(CCCN2CCCC2)C1. The zero-order valence-corrected chi connectivity index (χ0v) is 10.2. The van der Waals surface area contributed by atoms with Crippen LogP contribution in [0.25, 0.3) is 0 Å². The Labute approximate surface area is 98.4 Å². The van der Waals surface area contributed by atoms with Gasteiger partial charge in [0.15, 0.2) is 0 Å². The molecule has 1 aliphatic carbocycles. The van der Waals surface area contributed by atoms with Crippen LogP contribution in [-0.2, 0) is 0 Å². The molecular formula is C13H24N2O. The fourth-order valence-corrected chi connectivity index (χ4v) is 3.29. The molecule has 0 aromatic carbocycles. The summed E-state index contributed by atoms with van der Waals surface area (Å²) in [5.41, 5.74) is -0.284. The van der Waals surface area contributed by atoms with Crippen molar-refractivity contribution < 1.29 is 5.11 Å². The van der Waals surface area contributed by atoms with Crippen LogP contribution < -0.4 is 0 Å². The topological polar surface area (TPSA) is 26.7 Å². The van der Waals surface area contributed by atoms with E-state index >= 15 is 0 Å². The minimum absolute atomic E-state index is 0.284. The number of hydrogen-bond donors (Lipinski definition) is 1. The van der Waals surface area contributed by atoms with E-state index in [0.717, 1.165) is 13.1 Å². The van der Waals surface area contributed by atoms with E-state index in [1.165, 1.54) is 58.3 Å². The minimum Gasteiger partial charge on any atom is -0.387 e. The van der Waals surface area contributed by atoms with Crippen molar-refractivity contribution in [2.24, 2.45) is 5.92 Å². The molecule has 0 aromatic rings. The van der Waals surface area contributed by atoms with Gasteiger partial charge in [0.2, 0.25) is 0 Å². The maximum atomic E-state index is 10.2. The van der Waals surface area contributed by atoms with Crippen LogP contribution in [-0.4, -0.2) is 59.8 Å². The van der Waals surface area contributed by atoms with Crippen LogP contribution in [0, 0.1) is 5.92 Å². The van der Waals surface area contributed by atoms with Gasteiger partial charge in [-0.3, -0.25) is 4.90 Å². The molecule has 0 unspecified atom stereocenters. The van der Waals surface area contributed by atoms with Crippen LogP contribution in [0.15, 0.2) is 0 Å². The van der Waals surface area contributed by atoms with Crippen molar-refractivity contribution >= 4 is 0 Å². The number of likely N-dealkylation sites (tertiary alicyclic amines) is 2. The molecule has 92 valence electrons. The second-order valence-electron chi connectivity index (χ2n) is 5.99.